The van der Waals surface area contributed by atoms with Gasteiger partial charge in [0.1, 0.15) is 0 Å². The van der Waals surface area contributed by atoms with Gasteiger partial charge in [0.25, 0.3) is 0 Å². The summed E-state index contributed by atoms with van der Waals surface area (Å²) in [7, 11) is 1.58. The smallest absolute Gasteiger partial charge is 0.0795 e. The number of nitrogens with one attached hydrogen (secondary N) is 1. The molecule has 1 saturated carbocycles. The van der Waals surface area contributed by atoms with Gasteiger partial charge in [0.05, 0.1) is 12.7 Å². The van der Waals surface area contributed by atoms with Crippen molar-refractivity contribution < 1.29 is 9.94 Å². The van der Waals surface area contributed by atoms with E-state index in [2.05, 4.69) is 12.4 Å². The maximum Gasteiger partial charge on any atom is 0.0795 e. The summed E-state index contributed by atoms with van der Waals surface area (Å²) >= 11 is 0. The lowest BCUT2D eigenvalue weighted by Gasteiger charge is -2.34. The van der Waals surface area contributed by atoms with Crippen molar-refractivity contribution >= 4 is 0 Å². The molecule has 0 aromatic rings. The number of hydrogen-bond acceptors (Lipinski definition) is 3. The fourth-order valence-electron chi connectivity index (χ4n) is 1.68. The van der Waals surface area contributed by atoms with Crippen molar-refractivity contribution in [1.29, 1.82) is 0 Å². The third kappa shape index (κ3) is 2.73. The first-order valence-corrected chi connectivity index (χ1v) is 4.64. The molecular formula is C9H19NO2. The SMILES string of the molecule is CONCC1(O)CCC(C)CC1. The van der Waals surface area contributed by atoms with E-state index >= 15 is 0 Å². The Morgan fingerprint density at radius 2 is 2.08 bits per heavy atom. The van der Waals surface area contributed by atoms with Gasteiger partial charge in [-0.2, -0.15) is 0 Å². The summed E-state index contributed by atoms with van der Waals surface area (Å²) in [5, 5.41) is 9.98. The molecule has 3 nitrogen and oxygen atoms in total. The molecule has 0 aliphatic heterocycles. The van der Waals surface area contributed by atoms with E-state index in [-0.39, 0.29) is 0 Å². The summed E-state index contributed by atoms with van der Waals surface area (Å²) < 4.78 is 0. The van der Waals surface area contributed by atoms with Crippen molar-refractivity contribution in [3.8, 4) is 0 Å². The Labute approximate surface area is 74.1 Å². The second-order valence-corrected chi connectivity index (χ2v) is 3.93. The molecule has 0 radical (unpaired) electrons. The first kappa shape index (κ1) is 9.96. The van der Waals surface area contributed by atoms with Crippen LogP contribution < -0.4 is 5.48 Å². The van der Waals surface area contributed by atoms with Crippen molar-refractivity contribution in [2.24, 2.45) is 5.92 Å². The fourth-order valence-corrected chi connectivity index (χ4v) is 1.68. The second kappa shape index (κ2) is 4.21. The van der Waals surface area contributed by atoms with Crippen LogP contribution in [0.25, 0.3) is 0 Å². The lowest BCUT2D eigenvalue weighted by molar-refractivity contribution is -0.0439. The van der Waals surface area contributed by atoms with E-state index in [9.17, 15) is 5.11 Å². The zero-order chi connectivity index (χ0) is 9.03. The fraction of sp³-hybridized carbons (Fsp3) is 1.00. The van der Waals surface area contributed by atoms with Crippen molar-refractivity contribution in [3.05, 3.63) is 0 Å². The van der Waals surface area contributed by atoms with E-state index < -0.39 is 5.60 Å². The molecule has 72 valence electrons. The van der Waals surface area contributed by atoms with Gasteiger partial charge in [-0.15, -0.1) is 0 Å². The summed E-state index contributed by atoms with van der Waals surface area (Å²) in [5.74, 6) is 0.771. The molecule has 0 spiro atoms. The molecule has 1 aliphatic rings. The maximum absolute atomic E-state index is 9.98. The predicted molar refractivity (Wildman–Crippen MR) is 47.6 cm³/mol. The van der Waals surface area contributed by atoms with Gasteiger partial charge in [-0.3, -0.25) is 0 Å². The molecule has 0 heterocycles. The number of hydrogen-bond donors (Lipinski definition) is 2. The molecule has 0 amide bonds. The van der Waals surface area contributed by atoms with Gasteiger partial charge in [-0.05, 0) is 31.6 Å². The molecule has 1 fully saturated rings. The minimum absolute atomic E-state index is 0.525. The molecule has 0 aromatic carbocycles. The average Bonchev–Trinajstić information content (AvgIpc) is 2.08. The van der Waals surface area contributed by atoms with Crippen LogP contribution in [0.5, 0.6) is 0 Å². The topological polar surface area (TPSA) is 41.5 Å². The molecule has 0 unspecified atom stereocenters. The molecular weight excluding hydrogens is 154 g/mol. The molecule has 1 rings (SSSR count). The normalized spacial score (nSPS) is 36.8. The summed E-state index contributed by atoms with van der Waals surface area (Å²) in [6, 6.07) is 0. The largest absolute Gasteiger partial charge is 0.388 e. The van der Waals surface area contributed by atoms with Gasteiger partial charge < -0.3 is 9.94 Å². The van der Waals surface area contributed by atoms with Gasteiger partial charge in [0, 0.05) is 6.54 Å². The highest BCUT2D eigenvalue weighted by atomic mass is 16.6. The minimum Gasteiger partial charge on any atom is -0.388 e. The van der Waals surface area contributed by atoms with Crippen LogP contribution in [0.4, 0.5) is 0 Å². The predicted octanol–water partition coefficient (Wildman–Crippen LogP) is 1.08. The summed E-state index contributed by atoms with van der Waals surface area (Å²) in [4.78, 5) is 4.73. The third-order valence-electron chi connectivity index (χ3n) is 2.75. The monoisotopic (exact) mass is 173 g/mol. The molecule has 3 heteroatoms. The van der Waals surface area contributed by atoms with Crippen LogP contribution in [0.15, 0.2) is 0 Å². The lowest BCUT2D eigenvalue weighted by atomic mass is 9.80. The molecule has 12 heavy (non-hydrogen) atoms. The Hall–Kier alpha value is -0.120. The Balaban J connectivity index is 2.29. The molecule has 2 N–H and O–H groups in total. The van der Waals surface area contributed by atoms with Crippen LogP contribution in [-0.4, -0.2) is 24.4 Å². The summed E-state index contributed by atoms with van der Waals surface area (Å²) in [6.07, 6.45) is 4.04. The number of hydroxylamine groups is 1. The van der Waals surface area contributed by atoms with E-state index in [1.165, 1.54) is 0 Å². The summed E-state index contributed by atoms with van der Waals surface area (Å²) in [5.41, 5.74) is 2.20. The highest BCUT2D eigenvalue weighted by Crippen LogP contribution is 2.31. The third-order valence-corrected chi connectivity index (χ3v) is 2.75. The average molecular weight is 173 g/mol. The Kier molecular flexibility index (Phi) is 3.50. The van der Waals surface area contributed by atoms with Gasteiger partial charge in [-0.25, -0.2) is 5.48 Å². The van der Waals surface area contributed by atoms with Crippen LogP contribution in [0, 0.1) is 5.92 Å². The van der Waals surface area contributed by atoms with Crippen molar-refractivity contribution in [2.45, 2.75) is 38.2 Å². The minimum atomic E-state index is -0.525. The van der Waals surface area contributed by atoms with Gasteiger partial charge >= 0.3 is 0 Å². The van der Waals surface area contributed by atoms with Crippen LogP contribution in [0.1, 0.15) is 32.6 Å². The van der Waals surface area contributed by atoms with Crippen molar-refractivity contribution in [1.82, 2.24) is 5.48 Å². The molecule has 0 bridgehead atoms. The zero-order valence-electron chi connectivity index (χ0n) is 7.97. The Morgan fingerprint density at radius 1 is 1.50 bits per heavy atom. The van der Waals surface area contributed by atoms with E-state index in [0.717, 1.165) is 31.6 Å². The van der Waals surface area contributed by atoms with E-state index in [0.29, 0.717) is 6.54 Å². The summed E-state index contributed by atoms with van der Waals surface area (Å²) in [6.45, 7) is 2.79. The van der Waals surface area contributed by atoms with Crippen molar-refractivity contribution in [3.63, 3.8) is 0 Å². The standard InChI is InChI=1S/C9H19NO2/c1-8-3-5-9(11,6-4-8)7-10-12-2/h8,10-11H,3-7H2,1-2H3. The van der Waals surface area contributed by atoms with Crippen LogP contribution in [0.2, 0.25) is 0 Å². The van der Waals surface area contributed by atoms with Gasteiger partial charge in [-0.1, -0.05) is 6.92 Å². The highest BCUT2D eigenvalue weighted by molar-refractivity contribution is 4.85. The van der Waals surface area contributed by atoms with Crippen LogP contribution in [0.3, 0.4) is 0 Å². The van der Waals surface area contributed by atoms with Gasteiger partial charge in [0.15, 0.2) is 0 Å². The van der Waals surface area contributed by atoms with Crippen molar-refractivity contribution in [2.75, 3.05) is 13.7 Å². The lowest BCUT2D eigenvalue weighted by Crippen LogP contribution is -2.42. The van der Waals surface area contributed by atoms with Gasteiger partial charge in [0.2, 0.25) is 0 Å². The van der Waals surface area contributed by atoms with E-state index in [1.807, 2.05) is 0 Å². The van der Waals surface area contributed by atoms with E-state index in [1.54, 1.807) is 7.11 Å². The molecule has 1 aliphatic carbocycles. The van der Waals surface area contributed by atoms with Crippen LogP contribution >= 0.6 is 0 Å². The number of rotatable bonds is 3. The number of aliphatic hydroxyl groups is 1. The molecule has 0 aromatic heterocycles. The molecule has 0 saturated heterocycles. The first-order chi connectivity index (χ1) is 5.66. The molecule has 0 atom stereocenters. The Morgan fingerprint density at radius 3 is 2.58 bits per heavy atom. The second-order valence-electron chi connectivity index (χ2n) is 3.93. The quantitative estimate of drug-likeness (QED) is 0.627. The van der Waals surface area contributed by atoms with Crippen LogP contribution in [-0.2, 0) is 4.84 Å². The maximum atomic E-state index is 9.98. The Bertz CT molecular complexity index is 125. The first-order valence-electron chi connectivity index (χ1n) is 4.64. The van der Waals surface area contributed by atoms with E-state index in [4.69, 9.17) is 4.84 Å². The zero-order valence-corrected chi connectivity index (χ0v) is 7.97. The highest BCUT2D eigenvalue weighted by Gasteiger charge is 2.31.